The minimum Gasteiger partial charge on any atom is -0.304 e. The van der Waals surface area contributed by atoms with Gasteiger partial charge in [0.2, 0.25) is 0 Å². The molecule has 1 N–H and O–H groups in total. The molecule has 5 heteroatoms. The van der Waals surface area contributed by atoms with Crippen LogP contribution in [0.5, 0.6) is 0 Å². The monoisotopic (exact) mass is 426 g/mol. The first-order chi connectivity index (χ1) is 14.8. The van der Waals surface area contributed by atoms with Crippen molar-refractivity contribution < 1.29 is 14.2 Å². The SMILES string of the molecule is CN[N+](C=O)(CC(=O)N(c1ccccc1)C1CCCCC1)C1C2(C)CCC(C2)C1(C)C. The summed E-state index contributed by atoms with van der Waals surface area (Å²) in [5.74, 6) is 0.675. The van der Waals surface area contributed by atoms with Crippen molar-refractivity contribution >= 4 is 18.0 Å². The van der Waals surface area contributed by atoms with E-state index >= 15 is 0 Å². The number of carbonyl (C=O) groups excluding carboxylic acids is 2. The van der Waals surface area contributed by atoms with Crippen LogP contribution >= 0.6 is 0 Å². The van der Waals surface area contributed by atoms with Crippen LogP contribution in [0.15, 0.2) is 30.3 Å². The van der Waals surface area contributed by atoms with Gasteiger partial charge in [-0.05, 0) is 50.2 Å². The normalized spacial score (nSPS) is 31.9. The second-order valence-corrected chi connectivity index (χ2v) is 11.1. The molecule has 3 fully saturated rings. The van der Waals surface area contributed by atoms with Gasteiger partial charge in [-0.3, -0.25) is 4.79 Å². The summed E-state index contributed by atoms with van der Waals surface area (Å²) < 4.78 is 0.0227. The zero-order valence-corrected chi connectivity index (χ0v) is 19.8. The number of rotatable bonds is 7. The number of carbonyl (C=O) groups is 2. The number of quaternary nitrogens is 1. The molecular formula is C26H40N3O2+. The van der Waals surface area contributed by atoms with E-state index in [0.29, 0.717) is 5.92 Å². The van der Waals surface area contributed by atoms with Gasteiger partial charge in [0.25, 0.3) is 5.91 Å². The average molecular weight is 427 g/mol. The first-order valence-corrected chi connectivity index (χ1v) is 12.2. The van der Waals surface area contributed by atoms with Crippen LogP contribution in [0.2, 0.25) is 0 Å². The third-order valence-electron chi connectivity index (χ3n) is 8.90. The summed E-state index contributed by atoms with van der Waals surface area (Å²) in [6.07, 6.45) is 10.2. The Morgan fingerprint density at radius 1 is 1.13 bits per heavy atom. The molecule has 4 unspecified atom stereocenters. The van der Waals surface area contributed by atoms with Gasteiger partial charge in [-0.2, -0.15) is 10.0 Å². The number of para-hydroxylation sites is 1. The molecule has 0 aliphatic heterocycles. The highest BCUT2D eigenvalue weighted by atomic mass is 16.2. The maximum atomic E-state index is 14.0. The summed E-state index contributed by atoms with van der Waals surface area (Å²) in [5.41, 5.74) is 4.39. The Morgan fingerprint density at radius 3 is 2.35 bits per heavy atom. The smallest absolute Gasteiger partial charge is 0.304 e. The van der Waals surface area contributed by atoms with Gasteiger partial charge in [-0.25, -0.2) is 4.79 Å². The maximum Gasteiger partial charge on any atom is 0.321 e. The fourth-order valence-corrected chi connectivity index (χ4v) is 7.66. The quantitative estimate of drug-likeness (QED) is 0.391. The molecule has 4 rings (SSSR count). The van der Waals surface area contributed by atoms with E-state index in [0.717, 1.165) is 50.6 Å². The number of nitrogens with zero attached hydrogens (tertiary/aromatic N) is 2. The molecule has 4 atom stereocenters. The molecule has 0 radical (unpaired) electrons. The molecule has 3 aliphatic carbocycles. The Hall–Kier alpha value is -1.72. The number of benzene rings is 1. The van der Waals surface area contributed by atoms with Gasteiger partial charge in [0, 0.05) is 29.6 Å². The molecule has 0 heterocycles. The van der Waals surface area contributed by atoms with Crippen molar-refractivity contribution in [3.63, 3.8) is 0 Å². The molecule has 31 heavy (non-hydrogen) atoms. The van der Waals surface area contributed by atoms with Gasteiger partial charge in [-0.1, -0.05) is 58.2 Å². The number of amides is 2. The Bertz CT molecular complexity index is 799. The van der Waals surface area contributed by atoms with E-state index in [1.165, 1.54) is 12.8 Å². The van der Waals surface area contributed by atoms with Crippen molar-refractivity contribution in [1.82, 2.24) is 5.43 Å². The largest absolute Gasteiger partial charge is 0.321 e. The van der Waals surface area contributed by atoms with E-state index < -0.39 is 0 Å². The highest BCUT2D eigenvalue weighted by molar-refractivity contribution is 5.95. The van der Waals surface area contributed by atoms with Gasteiger partial charge in [0.1, 0.15) is 6.04 Å². The van der Waals surface area contributed by atoms with E-state index in [9.17, 15) is 9.59 Å². The number of hydrogen-bond acceptors (Lipinski definition) is 3. The van der Waals surface area contributed by atoms with Gasteiger partial charge >= 0.3 is 6.41 Å². The maximum absolute atomic E-state index is 14.0. The van der Waals surface area contributed by atoms with E-state index in [2.05, 4.69) is 26.2 Å². The predicted molar refractivity (Wildman–Crippen MR) is 124 cm³/mol. The molecule has 3 saturated carbocycles. The molecule has 3 aliphatic rings. The number of fused-ring (bicyclic) bond motifs is 2. The van der Waals surface area contributed by atoms with Crippen LogP contribution in [-0.4, -0.2) is 42.6 Å². The highest BCUT2D eigenvalue weighted by Crippen LogP contribution is 2.64. The van der Waals surface area contributed by atoms with Crippen molar-refractivity contribution in [1.29, 1.82) is 0 Å². The minimum absolute atomic E-state index is 0.0135. The first kappa shape index (κ1) is 22.5. The molecule has 0 saturated heterocycles. The summed E-state index contributed by atoms with van der Waals surface area (Å²) in [5, 5.41) is 0. The lowest BCUT2D eigenvalue weighted by atomic mass is 9.67. The van der Waals surface area contributed by atoms with Gasteiger partial charge < -0.3 is 4.90 Å². The van der Waals surface area contributed by atoms with Crippen LogP contribution in [0, 0.1) is 16.7 Å². The number of nitrogens with one attached hydrogen (secondary N) is 1. The van der Waals surface area contributed by atoms with Crippen molar-refractivity contribution in [2.75, 3.05) is 18.5 Å². The minimum atomic E-state index is 0.0135. The van der Waals surface area contributed by atoms with Crippen molar-refractivity contribution in [2.45, 2.75) is 84.2 Å². The number of hydrogen-bond donors (Lipinski definition) is 1. The fourth-order valence-electron chi connectivity index (χ4n) is 7.66. The lowest BCUT2D eigenvalue weighted by Crippen LogP contribution is -2.72. The topological polar surface area (TPSA) is 49.4 Å². The van der Waals surface area contributed by atoms with Crippen LogP contribution in [0.1, 0.15) is 72.1 Å². The Kier molecular flexibility index (Phi) is 6.04. The van der Waals surface area contributed by atoms with Crippen LogP contribution in [0.3, 0.4) is 0 Å². The summed E-state index contributed by atoms with van der Waals surface area (Å²) in [6.45, 7) is 7.12. The summed E-state index contributed by atoms with van der Waals surface area (Å²) in [6, 6.07) is 10.4. The Balaban J connectivity index is 1.68. The molecular weight excluding hydrogens is 386 g/mol. The van der Waals surface area contributed by atoms with E-state index in [-0.39, 0.29) is 40.0 Å². The zero-order valence-electron chi connectivity index (χ0n) is 19.8. The van der Waals surface area contributed by atoms with Crippen LogP contribution in [0.25, 0.3) is 0 Å². The Labute approximate surface area is 187 Å². The molecule has 1 aromatic carbocycles. The van der Waals surface area contributed by atoms with Crippen LogP contribution < -0.4 is 10.3 Å². The zero-order chi connectivity index (χ0) is 22.3. The molecule has 5 nitrogen and oxygen atoms in total. The predicted octanol–water partition coefficient (Wildman–Crippen LogP) is 4.67. The molecule has 2 amide bonds. The fraction of sp³-hybridized carbons (Fsp3) is 0.692. The second kappa shape index (κ2) is 8.32. The Morgan fingerprint density at radius 2 is 1.81 bits per heavy atom. The third kappa shape index (κ3) is 3.74. The summed E-state index contributed by atoms with van der Waals surface area (Å²) in [4.78, 5) is 28.7. The van der Waals surface area contributed by atoms with Crippen molar-refractivity contribution in [3.05, 3.63) is 30.3 Å². The van der Waals surface area contributed by atoms with Gasteiger partial charge in [0.15, 0.2) is 6.54 Å². The summed E-state index contributed by atoms with van der Waals surface area (Å²) in [7, 11) is 1.85. The van der Waals surface area contributed by atoms with Gasteiger partial charge in [-0.15, -0.1) is 0 Å². The molecule has 2 bridgehead atoms. The molecule has 0 spiro atoms. The molecule has 0 aromatic heterocycles. The lowest BCUT2D eigenvalue weighted by Gasteiger charge is -2.50. The second-order valence-electron chi connectivity index (χ2n) is 11.1. The van der Waals surface area contributed by atoms with Crippen molar-refractivity contribution in [3.8, 4) is 0 Å². The van der Waals surface area contributed by atoms with E-state index in [1.807, 2.05) is 42.3 Å². The molecule has 1 aromatic rings. The average Bonchev–Trinajstić information content (AvgIpc) is 3.26. The van der Waals surface area contributed by atoms with Crippen LogP contribution in [-0.2, 0) is 9.59 Å². The third-order valence-corrected chi connectivity index (χ3v) is 8.90. The van der Waals surface area contributed by atoms with Crippen LogP contribution in [0.4, 0.5) is 5.69 Å². The van der Waals surface area contributed by atoms with Crippen molar-refractivity contribution in [2.24, 2.45) is 16.7 Å². The first-order valence-electron chi connectivity index (χ1n) is 12.2. The standard InChI is InChI=1S/C26H40N3O2/c1-25(2)20-15-16-26(3,17-20)24(25)29(19-30,27-4)18-23(31)28(21-11-7-5-8-12-21)22-13-9-6-10-14-22/h5,7-8,11-12,19-20,22,24,27H,6,9-10,13-18H2,1-4H3/q+1. The lowest BCUT2D eigenvalue weighted by molar-refractivity contribution is -0.918. The van der Waals surface area contributed by atoms with E-state index in [4.69, 9.17) is 0 Å². The number of anilines is 1. The van der Waals surface area contributed by atoms with E-state index in [1.54, 1.807) is 0 Å². The van der Waals surface area contributed by atoms with Gasteiger partial charge in [0.05, 0.1) is 0 Å². The highest BCUT2D eigenvalue weighted by Gasteiger charge is 2.68. The summed E-state index contributed by atoms with van der Waals surface area (Å²) >= 11 is 0. The molecule has 170 valence electrons.